The summed E-state index contributed by atoms with van der Waals surface area (Å²) in [5, 5.41) is 0. The van der Waals surface area contributed by atoms with E-state index in [0.29, 0.717) is 25.5 Å². The second-order valence-corrected chi connectivity index (χ2v) is 3.83. The van der Waals surface area contributed by atoms with Crippen LogP contribution < -0.4 is 15.2 Å². The summed E-state index contributed by atoms with van der Waals surface area (Å²) < 4.78 is 11.0. The number of ether oxygens (including phenoxy) is 2. The van der Waals surface area contributed by atoms with Crippen molar-refractivity contribution in [3.63, 3.8) is 0 Å². The van der Waals surface area contributed by atoms with Crippen LogP contribution in [-0.2, 0) is 0 Å². The summed E-state index contributed by atoms with van der Waals surface area (Å²) >= 11 is 0. The van der Waals surface area contributed by atoms with Crippen LogP contribution in [0.1, 0.15) is 23.7 Å². The van der Waals surface area contributed by atoms with E-state index >= 15 is 0 Å². The zero-order valence-corrected chi connectivity index (χ0v) is 9.40. The first-order valence-electron chi connectivity index (χ1n) is 5.36. The van der Waals surface area contributed by atoms with Crippen molar-refractivity contribution in [2.75, 3.05) is 13.2 Å². The highest BCUT2D eigenvalue weighted by atomic mass is 16.6. The summed E-state index contributed by atoms with van der Waals surface area (Å²) in [5.74, 6) is 1.29. The minimum atomic E-state index is -0.132. The number of aromatic nitrogens is 1. The number of aryl methyl sites for hydroxylation is 1. The van der Waals surface area contributed by atoms with Gasteiger partial charge in [0.2, 0.25) is 0 Å². The molecule has 1 aromatic heterocycles. The highest BCUT2D eigenvalue weighted by Crippen LogP contribution is 2.33. The number of hydrogen-bond acceptors (Lipinski definition) is 4. The average molecular weight is 220 g/mol. The van der Waals surface area contributed by atoms with Gasteiger partial charge in [-0.3, -0.25) is 0 Å². The number of pyridine rings is 1. The van der Waals surface area contributed by atoms with Crippen LogP contribution in [0.25, 0.3) is 0 Å². The molecule has 4 nitrogen and oxygen atoms in total. The minimum Gasteiger partial charge on any atom is -0.484 e. The lowest BCUT2D eigenvalue weighted by molar-refractivity contribution is 0.162. The van der Waals surface area contributed by atoms with Crippen molar-refractivity contribution in [2.45, 2.75) is 19.4 Å². The van der Waals surface area contributed by atoms with Gasteiger partial charge in [0.05, 0.1) is 11.7 Å². The van der Waals surface area contributed by atoms with E-state index in [-0.39, 0.29) is 6.04 Å². The number of fused-ring (bicyclic) bond motifs is 1. The summed E-state index contributed by atoms with van der Waals surface area (Å²) in [6, 6.07) is 1.81. The number of nitrogens with zero attached hydrogens (tertiary/aromatic N) is 1. The maximum absolute atomic E-state index is 5.98. The van der Waals surface area contributed by atoms with E-state index in [1.807, 2.05) is 13.0 Å². The van der Waals surface area contributed by atoms with Gasteiger partial charge in [0.25, 0.3) is 5.88 Å². The second kappa shape index (κ2) is 4.53. The van der Waals surface area contributed by atoms with Crippen molar-refractivity contribution in [3.05, 3.63) is 30.0 Å². The van der Waals surface area contributed by atoms with Gasteiger partial charge in [-0.15, -0.1) is 6.58 Å². The van der Waals surface area contributed by atoms with Crippen LogP contribution in [0.3, 0.4) is 0 Å². The largest absolute Gasteiger partial charge is 0.484 e. The summed E-state index contributed by atoms with van der Waals surface area (Å²) in [5.41, 5.74) is 7.81. The molecule has 0 aromatic carbocycles. The van der Waals surface area contributed by atoms with Crippen LogP contribution in [0.15, 0.2) is 18.7 Å². The molecule has 0 saturated heterocycles. The Balaban J connectivity index is 2.34. The molecular formula is C12H16N2O2. The summed E-state index contributed by atoms with van der Waals surface area (Å²) in [6.45, 7) is 6.76. The minimum absolute atomic E-state index is 0.132. The molecule has 0 bridgehead atoms. The molecular weight excluding hydrogens is 204 g/mol. The molecule has 16 heavy (non-hydrogen) atoms. The SMILES string of the molecule is C=CCC(N)c1cc(C)c2c(n1)OCCO2. The van der Waals surface area contributed by atoms with E-state index in [1.165, 1.54) is 0 Å². The summed E-state index contributed by atoms with van der Waals surface area (Å²) in [7, 11) is 0. The second-order valence-electron chi connectivity index (χ2n) is 3.83. The molecule has 0 saturated carbocycles. The van der Waals surface area contributed by atoms with E-state index < -0.39 is 0 Å². The van der Waals surface area contributed by atoms with Crippen molar-refractivity contribution in [1.29, 1.82) is 0 Å². The zero-order valence-electron chi connectivity index (χ0n) is 9.40. The number of nitrogens with two attached hydrogens (primary N) is 1. The normalized spacial score (nSPS) is 15.6. The molecule has 0 fully saturated rings. The molecule has 1 aliphatic heterocycles. The quantitative estimate of drug-likeness (QED) is 0.788. The van der Waals surface area contributed by atoms with Crippen LogP contribution in [0.5, 0.6) is 11.6 Å². The smallest absolute Gasteiger partial charge is 0.257 e. The van der Waals surface area contributed by atoms with Gasteiger partial charge in [-0.1, -0.05) is 6.08 Å². The maximum Gasteiger partial charge on any atom is 0.257 e. The standard InChI is InChI=1S/C12H16N2O2/c1-3-4-9(13)10-7-8(2)11-12(14-10)16-6-5-15-11/h3,7,9H,1,4-6,13H2,2H3. The molecule has 1 aromatic rings. The molecule has 0 amide bonds. The Bertz CT molecular complexity index is 404. The predicted molar refractivity (Wildman–Crippen MR) is 61.7 cm³/mol. The molecule has 2 rings (SSSR count). The average Bonchev–Trinajstić information content (AvgIpc) is 2.29. The number of hydrogen-bond donors (Lipinski definition) is 1. The summed E-state index contributed by atoms with van der Waals surface area (Å²) in [6.07, 6.45) is 2.49. The molecule has 4 heteroatoms. The van der Waals surface area contributed by atoms with Gasteiger partial charge in [-0.2, -0.15) is 0 Å². The lowest BCUT2D eigenvalue weighted by Gasteiger charge is -2.21. The van der Waals surface area contributed by atoms with Crippen LogP contribution >= 0.6 is 0 Å². The van der Waals surface area contributed by atoms with E-state index in [0.717, 1.165) is 17.0 Å². The molecule has 2 N–H and O–H groups in total. The molecule has 0 spiro atoms. The van der Waals surface area contributed by atoms with E-state index in [2.05, 4.69) is 11.6 Å². The zero-order chi connectivity index (χ0) is 11.5. The highest BCUT2D eigenvalue weighted by Gasteiger charge is 2.18. The van der Waals surface area contributed by atoms with Crippen molar-refractivity contribution in [1.82, 2.24) is 4.98 Å². The van der Waals surface area contributed by atoms with Gasteiger partial charge < -0.3 is 15.2 Å². The fraction of sp³-hybridized carbons (Fsp3) is 0.417. The molecule has 86 valence electrons. The number of rotatable bonds is 3. The molecule has 1 aliphatic rings. The molecule has 1 unspecified atom stereocenters. The van der Waals surface area contributed by atoms with Crippen LogP contribution in [-0.4, -0.2) is 18.2 Å². The van der Waals surface area contributed by atoms with Gasteiger partial charge in [0, 0.05) is 0 Å². The Labute approximate surface area is 95.1 Å². The van der Waals surface area contributed by atoms with Crippen LogP contribution in [0.2, 0.25) is 0 Å². The molecule has 0 aliphatic carbocycles. The Morgan fingerprint density at radius 1 is 1.56 bits per heavy atom. The molecule has 2 heterocycles. The Morgan fingerprint density at radius 2 is 2.31 bits per heavy atom. The van der Waals surface area contributed by atoms with Gasteiger partial charge in [-0.25, -0.2) is 4.98 Å². The van der Waals surface area contributed by atoms with Crippen molar-refractivity contribution in [3.8, 4) is 11.6 Å². The Kier molecular flexibility index (Phi) is 3.10. The van der Waals surface area contributed by atoms with Crippen LogP contribution in [0.4, 0.5) is 0 Å². The fourth-order valence-electron chi connectivity index (χ4n) is 1.70. The van der Waals surface area contributed by atoms with Gasteiger partial charge >= 0.3 is 0 Å². The third kappa shape index (κ3) is 2.02. The monoisotopic (exact) mass is 220 g/mol. The third-order valence-electron chi connectivity index (χ3n) is 2.52. The Hall–Kier alpha value is -1.55. The van der Waals surface area contributed by atoms with Crippen molar-refractivity contribution in [2.24, 2.45) is 5.73 Å². The lowest BCUT2D eigenvalue weighted by atomic mass is 10.1. The third-order valence-corrected chi connectivity index (χ3v) is 2.52. The van der Waals surface area contributed by atoms with E-state index in [1.54, 1.807) is 6.08 Å². The van der Waals surface area contributed by atoms with Gasteiger partial charge in [0.1, 0.15) is 13.2 Å². The van der Waals surface area contributed by atoms with Crippen molar-refractivity contribution < 1.29 is 9.47 Å². The first kappa shape index (κ1) is 11.0. The molecule has 1 atom stereocenters. The van der Waals surface area contributed by atoms with E-state index in [9.17, 15) is 0 Å². The first-order chi connectivity index (χ1) is 7.72. The first-order valence-corrected chi connectivity index (χ1v) is 5.36. The van der Waals surface area contributed by atoms with Crippen molar-refractivity contribution >= 4 is 0 Å². The lowest BCUT2D eigenvalue weighted by Crippen LogP contribution is -2.19. The predicted octanol–water partition coefficient (Wildman–Crippen LogP) is 1.74. The Morgan fingerprint density at radius 3 is 3.06 bits per heavy atom. The van der Waals surface area contributed by atoms with Crippen LogP contribution in [0, 0.1) is 6.92 Å². The fourth-order valence-corrected chi connectivity index (χ4v) is 1.70. The van der Waals surface area contributed by atoms with E-state index in [4.69, 9.17) is 15.2 Å². The maximum atomic E-state index is 5.98. The van der Waals surface area contributed by atoms with Gasteiger partial charge in [0.15, 0.2) is 5.75 Å². The highest BCUT2D eigenvalue weighted by molar-refractivity contribution is 5.43. The topological polar surface area (TPSA) is 57.4 Å². The molecule has 0 radical (unpaired) electrons. The summed E-state index contributed by atoms with van der Waals surface area (Å²) in [4.78, 5) is 4.37. The van der Waals surface area contributed by atoms with Gasteiger partial charge in [-0.05, 0) is 25.0 Å².